The average molecular weight is 406 g/mol. The van der Waals surface area contributed by atoms with Crippen LogP contribution >= 0.6 is 11.3 Å². The van der Waals surface area contributed by atoms with Crippen LogP contribution in [0.4, 0.5) is 0 Å². The van der Waals surface area contributed by atoms with Crippen LogP contribution in [0.2, 0.25) is 0 Å². The number of amides is 1. The van der Waals surface area contributed by atoms with E-state index in [1.165, 1.54) is 5.56 Å². The van der Waals surface area contributed by atoms with Gasteiger partial charge in [0.05, 0.1) is 28.4 Å². The number of carbonyl (C=O) groups is 1. The summed E-state index contributed by atoms with van der Waals surface area (Å²) < 4.78 is 6.37. The monoisotopic (exact) mass is 405 g/mol. The zero-order valence-corrected chi connectivity index (χ0v) is 17.5. The molecule has 0 saturated carbocycles. The van der Waals surface area contributed by atoms with Gasteiger partial charge < -0.3 is 9.84 Å². The molecule has 29 heavy (non-hydrogen) atoms. The van der Waals surface area contributed by atoms with Crippen LogP contribution in [-0.4, -0.2) is 16.0 Å². The lowest BCUT2D eigenvalue weighted by molar-refractivity contribution is -0.122. The fourth-order valence-corrected chi connectivity index (χ4v) is 4.12. The smallest absolute Gasteiger partial charge is 0.230 e. The minimum Gasteiger partial charge on any atom is -0.359 e. The van der Waals surface area contributed by atoms with E-state index in [4.69, 9.17) is 4.52 Å². The Morgan fingerprint density at radius 1 is 1.07 bits per heavy atom. The molecule has 5 nitrogen and oxygen atoms in total. The van der Waals surface area contributed by atoms with Crippen molar-refractivity contribution >= 4 is 27.5 Å². The molecule has 4 rings (SSSR count). The van der Waals surface area contributed by atoms with E-state index in [-0.39, 0.29) is 11.8 Å². The van der Waals surface area contributed by atoms with Crippen LogP contribution in [0.25, 0.3) is 21.3 Å². The van der Waals surface area contributed by atoms with E-state index >= 15 is 0 Å². The highest BCUT2D eigenvalue weighted by molar-refractivity contribution is 7.18. The highest BCUT2D eigenvalue weighted by Gasteiger charge is 2.20. The van der Waals surface area contributed by atoms with E-state index in [0.29, 0.717) is 18.2 Å². The molecule has 0 saturated heterocycles. The summed E-state index contributed by atoms with van der Waals surface area (Å²) in [6.07, 6.45) is 0. The van der Waals surface area contributed by atoms with E-state index in [9.17, 15) is 4.79 Å². The molecule has 2 aromatic heterocycles. The van der Waals surface area contributed by atoms with Gasteiger partial charge in [-0.3, -0.25) is 4.79 Å². The summed E-state index contributed by atoms with van der Waals surface area (Å²) in [7, 11) is 0. The second-order valence-corrected chi connectivity index (χ2v) is 8.48. The molecule has 2 heterocycles. The zero-order valence-electron chi connectivity index (χ0n) is 16.7. The lowest BCUT2D eigenvalue weighted by Gasteiger charge is -2.08. The van der Waals surface area contributed by atoms with Gasteiger partial charge in [0.1, 0.15) is 5.01 Å². The number of thiazole rings is 1. The summed E-state index contributed by atoms with van der Waals surface area (Å²) in [6.45, 7) is 6.31. The molecule has 2 aromatic carbocycles. The molecule has 1 unspecified atom stereocenters. The minimum absolute atomic E-state index is 0.0742. The summed E-state index contributed by atoms with van der Waals surface area (Å²) in [6, 6.07) is 18.4. The van der Waals surface area contributed by atoms with Gasteiger partial charge in [0.2, 0.25) is 5.91 Å². The first-order valence-electron chi connectivity index (χ1n) is 9.70. The molecular weight excluding hydrogens is 382 g/mol. The third-order valence-corrected chi connectivity index (χ3v) is 6.08. The molecule has 4 aromatic rings. The SMILES string of the molecule is CC(C)c1cc(CNC(=O)C(C)c2nc3ccc(-c4ccccc4)cc3s2)on1. The van der Waals surface area contributed by atoms with Crippen LogP contribution in [0.1, 0.15) is 49.1 Å². The van der Waals surface area contributed by atoms with Crippen molar-refractivity contribution in [2.45, 2.75) is 39.2 Å². The first-order valence-corrected chi connectivity index (χ1v) is 10.5. The van der Waals surface area contributed by atoms with Crippen molar-refractivity contribution in [3.63, 3.8) is 0 Å². The first-order chi connectivity index (χ1) is 14.0. The maximum Gasteiger partial charge on any atom is 0.230 e. The van der Waals surface area contributed by atoms with Crippen LogP contribution in [0.15, 0.2) is 59.1 Å². The molecular formula is C23H23N3O2S. The van der Waals surface area contributed by atoms with Gasteiger partial charge >= 0.3 is 0 Å². The van der Waals surface area contributed by atoms with E-state index in [0.717, 1.165) is 26.5 Å². The number of hydrogen-bond donors (Lipinski definition) is 1. The van der Waals surface area contributed by atoms with Gasteiger partial charge in [-0.15, -0.1) is 11.3 Å². The van der Waals surface area contributed by atoms with Crippen molar-refractivity contribution in [2.75, 3.05) is 0 Å². The van der Waals surface area contributed by atoms with E-state index in [1.54, 1.807) is 11.3 Å². The maximum atomic E-state index is 12.6. The molecule has 6 heteroatoms. The Bertz CT molecular complexity index is 1130. The quantitative estimate of drug-likeness (QED) is 0.460. The standard InChI is InChI=1S/C23H23N3O2S/c1-14(2)20-12-18(28-26-20)13-24-22(27)15(3)23-25-19-10-9-17(11-21(19)29-23)16-7-5-4-6-8-16/h4-12,14-15H,13H2,1-3H3,(H,24,27). The molecule has 1 N–H and O–H groups in total. The molecule has 0 aliphatic rings. The summed E-state index contributed by atoms with van der Waals surface area (Å²) in [5.74, 6) is 0.548. The molecule has 1 amide bonds. The van der Waals surface area contributed by atoms with Crippen LogP contribution in [0, 0.1) is 0 Å². The molecule has 1 atom stereocenters. The van der Waals surface area contributed by atoms with Crippen molar-refractivity contribution in [1.82, 2.24) is 15.5 Å². The van der Waals surface area contributed by atoms with Crippen molar-refractivity contribution in [3.05, 3.63) is 71.1 Å². The van der Waals surface area contributed by atoms with Gasteiger partial charge in [0.25, 0.3) is 0 Å². The number of hydrogen-bond acceptors (Lipinski definition) is 5. The molecule has 0 radical (unpaired) electrons. The largest absolute Gasteiger partial charge is 0.359 e. The Balaban J connectivity index is 1.47. The summed E-state index contributed by atoms with van der Waals surface area (Å²) in [5.41, 5.74) is 4.13. The topological polar surface area (TPSA) is 68.0 Å². The highest BCUT2D eigenvalue weighted by atomic mass is 32.1. The number of rotatable bonds is 6. The highest BCUT2D eigenvalue weighted by Crippen LogP contribution is 2.31. The summed E-state index contributed by atoms with van der Waals surface area (Å²) in [4.78, 5) is 17.3. The number of nitrogens with zero attached hydrogens (tertiary/aromatic N) is 2. The second-order valence-electron chi connectivity index (χ2n) is 7.41. The zero-order chi connectivity index (χ0) is 20.4. The number of fused-ring (bicyclic) bond motifs is 1. The number of aromatic nitrogens is 2. The van der Waals surface area contributed by atoms with Crippen LogP contribution < -0.4 is 5.32 Å². The second kappa shape index (κ2) is 8.17. The van der Waals surface area contributed by atoms with Gasteiger partial charge in [-0.1, -0.05) is 55.4 Å². The molecule has 148 valence electrons. The van der Waals surface area contributed by atoms with Crippen molar-refractivity contribution in [2.24, 2.45) is 0 Å². The Morgan fingerprint density at radius 2 is 1.86 bits per heavy atom. The fourth-order valence-electron chi connectivity index (χ4n) is 3.06. The minimum atomic E-state index is -0.333. The lowest BCUT2D eigenvalue weighted by atomic mass is 10.1. The van der Waals surface area contributed by atoms with Crippen molar-refractivity contribution in [3.8, 4) is 11.1 Å². The summed E-state index contributed by atoms with van der Waals surface area (Å²) in [5, 5.41) is 7.76. The molecule has 0 bridgehead atoms. The molecule has 0 aliphatic carbocycles. The normalized spacial score (nSPS) is 12.4. The Kier molecular flexibility index (Phi) is 5.45. The maximum absolute atomic E-state index is 12.6. The predicted octanol–water partition coefficient (Wildman–Crippen LogP) is 5.49. The first kappa shape index (κ1) is 19.3. The summed E-state index contributed by atoms with van der Waals surface area (Å²) >= 11 is 1.56. The Morgan fingerprint density at radius 3 is 2.59 bits per heavy atom. The van der Waals surface area contributed by atoms with E-state index < -0.39 is 0 Å². The van der Waals surface area contributed by atoms with Crippen LogP contribution in [0.3, 0.4) is 0 Å². The van der Waals surface area contributed by atoms with Gasteiger partial charge in [-0.25, -0.2) is 4.98 Å². The van der Waals surface area contributed by atoms with Gasteiger partial charge in [0.15, 0.2) is 5.76 Å². The average Bonchev–Trinajstić information content (AvgIpc) is 3.38. The number of carbonyl (C=O) groups excluding carboxylic acids is 1. The van der Waals surface area contributed by atoms with Gasteiger partial charge in [-0.2, -0.15) is 0 Å². The molecule has 0 aliphatic heterocycles. The Hall–Kier alpha value is -2.99. The van der Waals surface area contributed by atoms with E-state index in [1.807, 2.05) is 37.3 Å². The number of benzene rings is 2. The molecule has 0 spiro atoms. The predicted molar refractivity (Wildman–Crippen MR) is 116 cm³/mol. The third kappa shape index (κ3) is 4.22. The van der Waals surface area contributed by atoms with Gasteiger partial charge in [0, 0.05) is 6.07 Å². The Labute approximate surface area is 173 Å². The van der Waals surface area contributed by atoms with E-state index in [2.05, 4.69) is 53.6 Å². The lowest BCUT2D eigenvalue weighted by Crippen LogP contribution is -2.27. The molecule has 0 fully saturated rings. The third-order valence-electron chi connectivity index (χ3n) is 4.88. The van der Waals surface area contributed by atoms with Crippen molar-refractivity contribution in [1.29, 1.82) is 0 Å². The van der Waals surface area contributed by atoms with Crippen LogP contribution in [0.5, 0.6) is 0 Å². The van der Waals surface area contributed by atoms with Gasteiger partial charge in [-0.05, 0) is 36.1 Å². The number of nitrogens with one attached hydrogen (secondary N) is 1. The fraction of sp³-hybridized carbons (Fsp3) is 0.261. The van der Waals surface area contributed by atoms with Crippen LogP contribution in [-0.2, 0) is 11.3 Å². The van der Waals surface area contributed by atoms with Crippen molar-refractivity contribution < 1.29 is 9.32 Å².